The molecule has 0 aromatic heterocycles. The quantitative estimate of drug-likeness (QED) is 0.533. The largest absolute Gasteiger partial charge is 1.00 e. The van der Waals surface area contributed by atoms with E-state index in [4.69, 9.17) is 0 Å². The second-order valence-electron chi connectivity index (χ2n) is 5.34. The van der Waals surface area contributed by atoms with Crippen molar-refractivity contribution in [3.63, 3.8) is 0 Å². The first-order valence-electron chi connectivity index (χ1n) is 7.15. The van der Waals surface area contributed by atoms with Crippen molar-refractivity contribution in [1.82, 2.24) is 0 Å². The summed E-state index contributed by atoms with van der Waals surface area (Å²) in [7, 11) is 0. The maximum Gasteiger partial charge on any atom is 1.00 e. The van der Waals surface area contributed by atoms with Crippen molar-refractivity contribution < 1.29 is 29.1 Å². The Morgan fingerprint density at radius 3 is 1.75 bits per heavy atom. The minimum absolute atomic E-state index is 0. The molecule has 0 aliphatic rings. The maximum absolute atomic E-state index is 12.5. The Kier molecular flexibility index (Phi) is 5.66. The molecule has 0 bridgehead atoms. The number of aromatic hydroxyl groups is 1. The van der Waals surface area contributed by atoms with E-state index in [0.717, 1.165) is 21.5 Å². The van der Waals surface area contributed by atoms with Crippen molar-refractivity contribution in [3.05, 3.63) is 72.8 Å². The molecule has 3 radical (unpaired) electrons. The van der Waals surface area contributed by atoms with Gasteiger partial charge in [-0.2, -0.15) is 0 Å². The molecule has 0 saturated heterocycles. The Morgan fingerprint density at radius 1 is 0.625 bits per heavy atom. The zero-order chi connectivity index (χ0) is 15.1. The summed E-state index contributed by atoms with van der Waals surface area (Å²) in [6, 6.07) is 22.4. The summed E-state index contributed by atoms with van der Waals surface area (Å²) in [6.07, 6.45) is 0. The van der Waals surface area contributed by atoms with Crippen LogP contribution in [0.3, 0.4) is 0 Å². The molecule has 4 aromatic rings. The van der Waals surface area contributed by atoms with Crippen molar-refractivity contribution in [2.24, 2.45) is 0 Å². The monoisotopic (exact) mass is 319 g/mol. The van der Waals surface area contributed by atoms with Crippen LogP contribution in [0.5, 0.6) is 11.5 Å². The third-order valence-corrected chi connectivity index (χ3v) is 4.05. The van der Waals surface area contributed by atoms with E-state index in [1.165, 1.54) is 0 Å². The van der Waals surface area contributed by atoms with Gasteiger partial charge in [0.05, 0.1) is 0 Å². The minimum Gasteiger partial charge on any atom is -0.872 e. The molecule has 0 saturated carbocycles. The number of benzene rings is 4. The first kappa shape index (κ1) is 18.5. The fourth-order valence-electron chi connectivity index (χ4n) is 3.03. The summed E-state index contributed by atoms with van der Waals surface area (Å²) in [5, 5.41) is 26.7. The van der Waals surface area contributed by atoms with Gasteiger partial charge in [-0.15, -0.1) is 5.75 Å². The molecule has 4 rings (SSSR count). The van der Waals surface area contributed by atoms with Gasteiger partial charge in [0.1, 0.15) is 5.75 Å². The molecule has 1 N–H and O–H groups in total. The molecule has 0 amide bonds. The third-order valence-electron chi connectivity index (χ3n) is 4.05. The second kappa shape index (κ2) is 7.35. The fourth-order valence-corrected chi connectivity index (χ4v) is 3.03. The Hall–Kier alpha value is -1.87. The summed E-state index contributed by atoms with van der Waals surface area (Å²) in [5.74, 6) is 0.0532. The predicted molar refractivity (Wildman–Crippen MR) is 93.8 cm³/mol. The van der Waals surface area contributed by atoms with Crippen LogP contribution in [0.15, 0.2) is 72.8 Å². The summed E-state index contributed by atoms with van der Waals surface area (Å²) >= 11 is 0. The molecule has 2 nitrogen and oxygen atoms in total. The van der Waals surface area contributed by atoms with Crippen LogP contribution in [-0.2, 0) is 0 Å². The molecule has 0 spiro atoms. The maximum atomic E-state index is 12.5. The zero-order valence-corrected chi connectivity index (χ0v) is 14.5. The van der Waals surface area contributed by atoms with Gasteiger partial charge in [-0.3, -0.25) is 0 Å². The van der Waals surface area contributed by atoms with Crippen LogP contribution in [0, 0.1) is 0 Å². The second-order valence-corrected chi connectivity index (χ2v) is 5.34. The average molecular weight is 319 g/mol. The van der Waals surface area contributed by atoms with E-state index in [1.807, 2.05) is 60.7 Å². The minimum atomic E-state index is -0.0784. The first-order valence-corrected chi connectivity index (χ1v) is 7.15. The SMILES string of the molecule is [Al].[Li+].[O-]c1ccc2ccccc2c1-c1c(O)ccc2ccccc12. The molecular weight excluding hydrogens is 306 g/mol. The third kappa shape index (κ3) is 2.93. The Bertz CT molecular complexity index is 931. The van der Waals surface area contributed by atoms with Gasteiger partial charge in [0.15, 0.2) is 0 Å². The molecule has 0 fully saturated rings. The van der Waals surface area contributed by atoms with Crippen LogP contribution in [0.1, 0.15) is 0 Å². The smallest absolute Gasteiger partial charge is 0.872 e. The fraction of sp³-hybridized carbons (Fsp3) is 0. The van der Waals surface area contributed by atoms with E-state index in [2.05, 4.69) is 0 Å². The van der Waals surface area contributed by atoms with Crippen molar-refractivity contribution in [3.8, 4) is 22.6 Å². The van der Waals surface area contributed by atoms with E-state index in [-0.39, 0.29) is 47.7 Å². The number of phenolic OH excluding ortho intramolecular Hbond substituents is 1. The van der Waals surface area contributed by atoms with Crippen LogP contribution in [0.4, 0.5) is 0 Å². The van der Waals surface area contributed by atoms with Crippen molar-refractivity contribution in [2.45, 2.75) is 0 Å². The zero-order valence-electron chi connectivity index (χ0n) is 13.4. The van der Waals surface area contributed by atoms with Crippen molar-refractivity contribution in [2.75, 3.05) is 0 Å². The topological polar surface area (TPSA) is 43.3 Å². The van der Waals surface area contributed by atoms with E-state index >= 15 is 0 Å². The summed E-state index contributed by atoms with van der Waals surface area (Å²) in [6.45, 7) is 0. The van der Waals surface area contributed by atoms with Crippen LogP contribution in [0.2, 0.25) is 0 Å². The predicted octanol–water partition coefficient (Wildman–Crippen LogP) is 1.06. The Morgan fingerprint density at radius 2 is 1.12 bits per heavy atom. The average Bonchev–Trinajstić information content (AvgIpc) is 2.56. The van der Waals surface area contributed by atoms with Gasteiger partial charge in [0, 0.05) is 22.9 Å². The molecule has 0 atom stereocenters. The van der Waals surface area contributed by atoms with Crippen LogP contribution in [-0.4, -0.2) is 22.5 Å². The van der Waals surface area contributed by atoms with E-state index in [9.17, 15) is 10.2 Å². The number of hydrogen-bond donors (Lipinski definition) is 1. The first-order chi connectivity index (χ1) is 10.8. The van der Waals surface area contributed by atoms with Crippen LogP contribution < -0.4 is 24.0 Å². The molecule has 4 heteroatoms. The summed E-state index contributed by atoms with van der Waals surface area (Å²) in [4.78, 5) is 0. The van der Waals surface area contributed by atoms with E-state index in [1.54, 1.807) is 12.1 Å². The standard InChI is InChI=1S/C20H14O2.Al.Li/c21-17-11-9-13-5-1-3-7-15(13)19(17)20-16-8-4-2-6-14(16)10-12-18(20)22;;/h1-12,21-22H;;/q;;+1/p-1. The number of hydrogen-bond acceptors (Lipinski definition) is 2. The molecule has 0 unspecified atom stereocenters. The van der Waals surface area contributed by atoms with E-state index in [0.29, 0.717) is 11.1 Å². The molecule has 4 aromatic carbocycles. The molecule has 0 heterocycles. The molecule has 0 aliphatic carbocycles. The van der Waals surface area contributed by atoms with E-state index < -0.39 is 0 Å². The summed E-state index contributed by atoms with van der Waals surface area (Å²) in [5.41, 5.74) is 1.17. The molecule has 24 heavy (non-hydrogen) atoms. The summed E-state index contributed by atoms with van der Waals surface area (Å²) < 4.78 is 0. The van der Waals surface area contributed by atoms with Gasteiger partial charge >= 0.3 is 18.9 Å². The normalized spacial score (nSPS) is 10.2. The van der Waals surface area contributed by atoms with Gasteiger partial charge in [0.2, 0.25) is 0 Å². The number of fused-ring (bicyclic) bond motifs is 2. The van der Waals surface area contributed by atoms with Gasteiger partial charge in [0.25, 0.3) is 0 Å². The van der Waals surface area contributed by atoms with Crippen molar-refractivity contribution in [1.29, 1.82) is 0 Å². The number of phenols is 1. The Labute approximate surface area is 163 Å². The number of rotatable bonds is 1. The molecular formula is C20H13AlLiO2. The van der Waals surface area contributed by atoms with Gasteiger partial charge in [-0.1, -0.05) is 66.7 Å². The van der Waals surface area contributed by atoms with Gasteiger partial charge in [-0.05, 0) is 33.2 Å². The van der Waals surface area contributed by atoms with Crippen molar-refractivity contribution >= 4 is 38.9 Å². The van der Waals surface area contributed by atoms with Gasteiger partial charge in [-0.25, -0.2) is 0 Å². The molecule has 109 valence electrons. The molecule has 0 aliphatic heterocycles. The Balaban J connectivity index is 0.00000104. The van der Waals surface area contributed by atoms with Gasteiger partial charge < -0.3 is 10.2 Å². The van der Waals surface area contributed by atoms with Crippen LogP contribution >= 0.6 is 0 Å². The van der Waals surface area contributed by atoms with Crippen LogP contribution in [0.25, 0.3) is 32.7 Å².